The summed E-state index contributed by atoms with van der Waals surface area (Å²) in [5, 5.41) is 8.40. The highest BCUT2D eigenvalue weighted by Crippen LogP contribution is 2.46. The molecule has 214 valence electrons. The highest BCUT2D eigenvalue weighted by molar-refractivity contribution is 6.42. The van der Waals surface area contributed by atoms with Gasteiger partial charge in [0.2, 0.25) is 5.95 Å². The van der Waals surface area contributed by atoms with E-state index in [9.17, 15) is 22.4 Å². The summed E-state index contributed by atoms with van der Waals surface area (Å²) in [6.07, 6.45) is -4.62. The minimum atomic E-state index is -4.84. The predicted molar refractivity (Wildman–Crippen MR) is 142 cm³/mol. The first kappa shape index (κ1) is 28.6. The molecule has 0 unspecified atom stereocenters. The number of ether oxygens (including phenoxy) is 1. The number of fused-ring (bicyclic) bond motifs is 1. The van der Waals surface area contributed by atoms with Crippen molar-refractivity contribution in [3.63, 3.8) is 0 Å². The van der Waals surface area contributed by atoms with E-state index >= 15 is 0 Å². The van der Waals surface area contributed by atoms with E-state index in [1.54, 1.807) is 26.8 Å². The van der Waals surface area contributed by atoms with Gasteiger partial charge in [0.25, 0.3) is 0 Å². The van der Waals surface area contributed by atoms with Gasteiger partial charge in [0, 0.05) is 17.3 Å². The maximum Gasteiger partial charge on any atom is 0.435 e. The number of alkyl halides is 3. The molecule has 0 bridgehead atoms. The van der Waals surface area contributed by atoms with E-state index in [2.05, 4.69) is 20.2 Å². The van der Waals surface area contributed by atoms with Crippen molar-refractivity contribution in [1.82, 2.24) is 29.5 Å². The molecule has 0 N–H and O–H groups in total. The lowest BCUT2D eigenvalue weighted by Gasteiger charge is -2.36. The van der Waals surface area contributed by atoms with Crippen LogP contribution in [0.15, 0.2) is 54.5 Å². The Kier molecular flexibility index (Phi) is 7.06. The molecule has 1 aromatic carbocycles. The first-order chi connectivity index (χ1) is 19.2. The molecule has 4 aromatic rings. The molecule has 3 aromatic heterocycles. The van der Waals surface area contributed by atoms with Crippen LogP contribution in [0.4, 0.5) is 28.2 Å². The van der Waals surface area contributed by atoms with E-state index < -0.39 is 35.6 Å². The van der Waals surface area contributed by atoms with Gasteiger partial charge in [-0.25, -0.2) is 24.3 Å². The standard InChI is InChI=1S/C26H21Cl2F4N7O2/c1-13-21(23-33-12-34-38(23)19-7-5-6-18(29)35-19)22(14-8-9-15(27)16(28)10-14)39-20(11-17(36-39)26(30,31)32)37(13)24(40)41-25(2,3)4/h5-12,22H,1-4H3/t22-/m1/s1. The van der Waals surface area contributed by atoms with Gasteiger partial charge in [-0.2, -0.15) is 32.4 Å². The number of aromatic nitrogens is 6. The summed E-state index contributed by atoms with van der Waals surface area (Å²) in [4.78, 5) is 22.7. The Balaban J connectivity index is 1.83. The van der Waals surface area contributed by atoms with Crippen molar-refractivity contribution in [3.8, 4) is 5.82 Å². The van der Waals surface area contributed by atoms with E-state index in [4.69, 9.17) is 27.9 Å². The van der Waals surface area contributed by atoms with Crippen molar-refractivity contribution in [2.45, 2.75) is 45.5 Å². The third kappa shape index (κ3) is 5.38. The zero-order valence-corrected chi connectivity index (χ0v) is 23.4. The Bertz CT molecular complexity index is 1690. The van der Waals surface area contributed by atoms with Crippen LogP contribution >= 0.6 is 23.2 Å². The highest BCUT2D eigenvalue weighted by Gasteiger charge is 2.44. The monoisotopic (exact) mass is 609 g/mol. The predicted octanol–water partition coefficient (Wildman–Crippen LogP) is 7.10. The van der Waals surface area contributed by atoms with Gasteiger partial charge in [0.1, 0.15) is 23.8 Å². The molecule has 0 fully saturated rings. The molecule has 1 aliphatic heterocycles. The average Bonchev–Trinajstić information content (AvgIpc) is 3.51. The van der Waals surface area contributed by atoms with Crippen LogP contribution in [0.1, 0.15) is 50.8 Å². The lowest BCUT2D eigenvalue weighted by atomic mass is 9.94. The molecule has 41 heavy (non-hydrogen) atoms. The van der Waals surface area contributed by atoms with E-state index in [-0.39, 0.29) is 38.8 Å². The molecule has 5 rings (SSSR count). The number of hydrogen-bond acceptors (Lipinski definition) is 6. The zero-order chi connectivity index (χ0) is 29.9. The topological polar surface area (TPSA) is 91.0 Å². The molecule has 9 nitrogen and oxygen atoms in total. The minimum Gasteiger partial charge on any atom is -0.443 e. The molecular formula is C26H21Cl2F4N7O2. The smallest absolute Gasteiger partial charge is 0.435 e. The van der Waals surface area contributed by atoms with Gasteiger partial charge in [-0.1, -0.05) is 35.3 Å². The van der Waals surface area contributed by atoms with Gasteiger partial charge < -0.3 is 4.74 Å². The molecule has 0 aliphatic carbocycles. The number of carbonyl (C=O) groups is 1. The quantitative estimate of drug-likeness (QED) is 0.182. The van der Waals surface area contributed by atoms with Crippen LogP contribution in [0.25, 0.3) is 11.4 Å². The van der Waals surface area contributed by atoms with Crippen LogP contribution in [0.2, 0.25) is 10.0 Å². The fraction of sp³-hybridized carbons (Fsp3) is 0.269. The number of allylic oxidation sites excluding steroid dienone is 2. The molecule has 1 atom stereocenters. The Morgan fingerprint density at radius 2 is 1.78 bits per heavy atom. The molecular weight excluding hydrogens is 589 g/mol. The largest absolute Gasteiger partial charge is 0.443 e. The number of anilines is 1. The van der Waals surface area contributed by atoms with Gasteiger partial charge in [-0.05, 0) is 57.5 Å². The third-order valence-electron chi connectivity index (χ3n) is 6.02. The van der Waals surface area contributed by atoms with E-state index in [0.717, 1.165) is 21.7 Å². The fourth-order valence-electron chi connectivity index (χ4n) is 4.41. The summed E-state index contributed by atoms with van der Waals surface area (Å²) in [6.45, 7) is 6.39. The maximum atomic E-state index is 14.1. The van der Waals surface area contributed by atoms with Gasteiger partial charge >= 0.3 is 12.3 Å². The molecule has 1 aliphatic rings. The van der Waals surface area contributed by atoms with Gasteiger partial charge in [0.15, 0.2) is 17.3 Å². The summed E-state index contributed by atoms with van der Waals surface area (Å²) < 4.78 is 63.8. The number of hydrogen-bond donors (Lipinski definition) is 0. The number of rotatable bonds is 3. The Hall–Kier alpha value is -3.97. The van der Waals surface area contributed by atoms with Crippen molar-refractivity contribution in [3.05, 3.63) is 87.6 Å². The lowest BCUT2D eigenvalue weighted by molar-refractivity contribution is -0.141. The first-order valence-corrected chi connectivity index (χ1v) is 12.8. The van der Waals surface area contributed by atoms with Gasteiger partial charge in [-0.3, -0.25) is 0 Å². The van der Waals surface area contributed by atoms with Crippen molar-refractivity contribution in [1.29, 1.82) is 0 Å². The number of nitrogens with zero attached hydrogens (tertiary/aromatic N) is 7. The van der Waals surface area contributed by atoms with Gasteiger partial charge in [0.05, 0.1) is 10.0 Å². The second-order valence-corrected chi connectivity index (χ2v) is 10.8. The summed E-state index contributed by atoms with van der Waals surface area (Å²) in [5.74, 6) is -0.908. The SMILES string of the molecule is CC1=C(c2ncnn2-c2cccc(F)n2)[C@@H](c2ccc(Cl)c(Cl)c2)n2nc(C(F)(F)F)cc2N1C(=O)OC(C)(C)C. The van der Waals surface area contributed by atoms with Crippen LogP contribution in [0.3, 0.4) is 0 Å². The fourth-order valence-corrected chi connectivity index (χ4v) is 4.72. The number of amides is 1. The summed E-state index contributed by atoms with van der Waals surface area (Å²) in [5.41, 5.74) is -1.50. The molecule has 0 saturated carbocycles. The zero-order valence-electron chi connectivity index (χ0n) is 21.9. The third-order valence-corrected chi connectivity index (χ3v) is 6.76. The van der Waals surface area contributed by atoms with Crippen LogP contribution in [0.5, 0.6) is 0 Å². The minimum absolute atomic E-state index is 0.0387. The number of carbonyl (C=O) groups excluding carboxylic acids is 1. The number of pyridine rings is 1. The second kappa shape index (κ2) is 10.1. The summed E-state index contributed by atoms with van der Waals surface area (Å²) in [7, 11) is 0. The Morgan fingerprint density at radius 1 is 1.05 bits per heavy atom. The Morgan fingerprint density at radius 3 is 2.41 bits per heavy atom. The maximum absolute atomic E-state index is 14.1. The summed E-state index contributed by atoms with van der Waals surface area (Å²) in [6, 6.07) is 8.19. The van der Waals surface area contributed by atoms with Crippen molar-refractivity contribution >= 4 is 40.7 Å². The van der Waals surface area contributed by atoms with E-state index in [1.807, 2.05) is 0 Å². The summed E-state index contributed by atoms with van der Waals surface area (Å²) >= 11 is 12.5. The molecule has 0 spiro atoms. The molecule has 0 radical (unpaired) electrons. The van der Waals surface area contributed by atoms with Crippen molar-refractivity contribution < 1.29 is 27.1 Å². The number of benzene rings is 1. The first-order valence-electron chi connectivity index (χ1n) is 12.0. The molecule has 15 heteroatoms. The van der Waals surface area contributed by atoms with Crippen molar-refractivity contribution in [2.24, 2.45) is 0 Å². The second-order valence-electron chi connectivity index (χ2n) is 10.0. The normalized spacial score (nSPS) is 15.8. The number of halogens is 6. The van der Waals surface area contributed by atoms with E-state index in [1.165, 1.54) is 42.2 Å². The average molecular weight is 610 g/mol. The van der Waals surface area contributed by atoms with Crippen LogP contribution in [0, 0.1) is 5.95 Å². The van der Waals surface area contributed by atoms with Crippen LogP contribution in [-0.2, 0) is 10.9 Å². The highest BCUT2D eigenvalue weighted by atomic mass is 35.5. The van der Waals surface area contributed by atoms with Crippen molar-refractivity contribution in [2.75, 3.05) is 4.90 Å². The van der Waals surface area contributed by atoms with Crippen LogP contribution < -0.4 is 4.90 Å². The van der Waals surface area contributed by atoms with E-state index in [0.29, 0.717) is 5.56 Å². The lowest BCUT2D eigenvalue weighted by Crippen LogP contribution is -2.41. The van der Waals surface area contributed by atoms with Crippen LogP contribution in [-0.4, -0.2) is 41.2 Å². The molecule has 1 amide bonds. The molecule has 4 heterocycles. The van der Waals surface area contributed by atoms with Gasteiger partial charge in [-0.15, -0.1) is 0 Å². The Labute approximate surface area is 241 Å². The molecule has 0 saturated heterocycles.